The van der Waals surface area contributed by atoms with E-state index < -0.39 is 15.9 Å². The predicted octanol–water partition coefficient (Wildman–Crippen LogP) is 2.31. The molecule has 2 aromatic carbocycles. The van der Waals surface area contributed by atoms with E-state index in [0.29, 0.717) is 23.0 Å². The Morgan fingerprint density at radius 3 is 2.48 bits per heavy atom. The van der Waals surface area contributed by atoms with Crippen LogP contribution < -0.4 is 20.5 Å². The predicted molar refractivity (Wildman–Crippen MR) is 121 cm³/mol. The number of nitrogens with zero attached hydrogens (tertiary/aromatic N) is 4. The van der Waals surface area contributed by atoms with Crippen LogP contribution in [0.15, 0.2) is 78.5 Å². The second kappa shape index (κ2) is 8.96. The lowest BCUT2D eigenvalue weighted by Gasteiger charge is -2.12. The number of rotatable bonds is 8. The number of imidazole rings is 1. The van der Waals surface area contributed by atoms with Gasteiger partial charge in [-0.25, -0.2) is 23.4 Å². The molecule has 1 amide bonds. The van der Waals surface area contributed by atoms with Crippen LogP contribution in [0.2, 0.25) is 0 Å². The zero-order valence-electron chi connectivity index (χ0n) is 17.3. The van der Waals surface area contributed by atoms with Gasteiger partial charge in [0.25, 0.3) is 15.9 Å². The molecule has 0 atom stereocenters. The molecule has 0 bridgehead atoms. The number of hydrogen-bond donors (Lipinski definition) is 3. The van der Waals surface area contributed by atoms with Crippen LogP contribution in [0, 0.1) is 0 Å². The number of amides is 1. The van der Waals surface area contributed by atoms with E-state index in [1.165, 1.54) is 31.6 Å². The highest BCUT2D eigenvalue weighted by Gasteiger charge is 2.19. The number of ether oxygens (including phenoxy) is 1. The molecule has 11 nitrogen and oxygen atoms in total. The molecule has 0 radical (unpaired) electrons. The lowest BCUT2D eigenvalue weighted by atomic mass is 10.2. The van der Waals surface area contributed by atoms with Crippen molar-refractivity contribution in [1.82, 2.24) is 19.5 Å². The minimum absolute atomic E-state index is 0.0279. The van der Waals surface area contributed by atoms with Crippen LogP contribution >= 0.6 is 0 Å². The Bertz CT molecular complexity index is 1390. The van der Waals surface area contributed by atoms with Gasteiger partial charge in [-0.3, -0.25) is 14.1 Å². The first-order valence-electron chi connectivity index (χ1n) is 9.54. The molecule has 168 valence electrons. The highest BCUT2D eigenvalue weighted by Crippen LogP contribution is 2.25. The first-order chi connectivity index (χ1) is 15.9. The Balaban J connectivity index is 1.49. The van der Waals surface area contributed by atoms with E-state index in [2.05, 4.69) is 25.0 Å². The minimum Gasteiger partial charge on any atom is -0.496 e. The minimum atomic E-state index is -3.96. The number of primary amides is 1. The number of nitrogens with two attached hydrogens (primary N) is 1. The molecule has 4 N–H and O–H groups in total. The number of hydrogen-bond acceptors (Lipinski definition) is 8. The molecule has 0 fully saturated rings. The van der Waals surface area contributed by atoms with Gasteiger partial charge in [-0.15, -0.1) is 0 Å². The van der Waals surface area contributed by atoms with Gasteiger partial charge in [0.15, 0.2) is 0 Å². The molecular formula is C21H19N7O4S. The van der Waals surface area contributed by atoms with Crippen LogP contribution in [-0.2, 0) is 10.0 Å². The summed E-state index contributed by atoms with van der Waals surface area (Å²) in [6.45, 7) is 0. The van der Waals surface area contributed by atoms with Crippen molar-refractivity contribution in [2.75, 3.05) is 17.1 Å². The third-order valence-corrected chi connectivity index (χ3v) is 5.96. The Hall–Kier alpha value is -4.45. The summed E-state index contributed by atoms with van der Waals surface area (Å²) >= 11 is 0. The Morgan fingerprint density at radius 1 is 1.06 bits per heavy atom. The van der Waals surface area contributed by atoms with Gasteiger partial charge in [-0.05, 0) is 42.5 Å². The monoisotopic (exact) mass is 465 g/mol. The SMILES string of the molecule is COc1ccc(S(=O)(=O)Nc2ccc(Nc3cc(-n4ccnc4)ncn3)cc2)cc1C(N)=O. The van der Waals surface area contributed by atoms with Crippen molar-refractivity contribution in [1.29, 1.82) is 0 Å². The standard InChI is InChI=1S/C21H19N7O4S/c1-32-18-7-6-16(10-17(18)21(22)29)33(30,31)27-15-4-2-14(3-5-15)26-19-11-20(25-12-24-19)28-9-8-23-13-28/h2-13,27H,1H3,(H2,22,29)(H,24,25,26). The molecule has 4 aromatic rings. The van der Waals surface area contributed by atoms with Gasteiger partial charge < -0.3 is 15.8 Å². The van der Waals surface area contributed by atoms with Crippen molar-refractivity contribution in [2.45, 2.75) is 4.90 Å². The molecular weight excluding hydrogens is 446 g/mol. The van der Waals surface area contributed by atoms with E-state index in [1.807, 2.05) is 0 Å². The third kappa shape index (κ3) is 4.91. The summed E-state index contributed by atoms with van der Waals surface area (Å²) in [5, 5.41) is 3.13. The van der Waals surface area contributed by atoms with E-state index >= 15 is 0 Å². The fraction of sp³-hybridized carbons (Fsp3) is 0.0476. The Kier molecular flexibility index (Phi) is 5.91. The molecule has 2 aromatic heterocycles. The normalized spacial score (nSPS) is 11.1. The number of carbonyl (C=O) groups excluding carboxylic acids is 1. The van der Waals surface area contributed by atoms with Crippen molar-refractivity contribution < 1.29 is 17.9 Å². The van der Waals surface area contributed by atoms with Crippen LogP contribution in [0.3, 0.4) is 0 Å². The Morgan fingerprint density at radius 2 is 1.82 bits per heavy atom. The first-order valence-corrected chi connectivity index (χ1v) is 11.0. The molecule has 4 rings (SSSR count). The maximum absolute atomic E-state index is 12.8. The van der Waals surface area contributed by atoms with Gasteiger partial charge in [0.05, 0.1) is 17.6 Å². The van der Waals surface area contributed by atoms with Crippen LogP contribution in [0.4, 0.5) is 17.2 Å². The van der Waals surface area contributed by atoms with Gasteiger partial charge in [0.2, 0.25) is 0 Å². The zero-order chi connectivity index (χ0) is 23.4. The van der Waals surface area contributed by atoms with Gasteiger partial charge in [-0.2, -0.15) is 0 Å². The van der Waals surface area contributed by atoms with Crippen molar-refractivity contribution in [3.8, 4) is 11.6 Å². The molecule has 12 heteroatoms. The number of benzene rings is 2. The van der Waals surface area contributed by atoms with Crippen LogP contribution in [0.25, 0.3) is 5.82 Å². The second-order valence-electron chi connectivity index (χ2n) is 6.77. The van der Waals surface area contributed by atoms with E-state index in [9.17, 15) is 13.2 Å². The smallest absolute Gasteiger partial charge is 0.261 e. The maximum Gasteiger partial charge on any atom is 0.261 e. The second-order valence-corrected chi connectivity index (χ2v) is 8.45. The van der Waals surface area contributed by atoms with Gasteiger partial charge in [0, 0.05) is 29.8 Å². The average molecular weight is 465 g/mol. The molecule has 0 aliphatic heterocycles. The summed E-state index contributed by atoms with van der Waals surface area (Å²) in [6.07, 6.45) is 6.47. The largest absolute Gasteiger partial charge is 0.496 e. The molecule has 0 unspecified atom stereocenters. The van der Waals surface area contributed by atoms with Gasteiger partial charge >= 0.3 is 0 Å². The summed E-state index contributed by atoms with van der Waals surface area (Å²) in [7, 11) is -2.59. The van der Waals surface area contributed by atoms with Crippen LogP contribution in [0.1, 0.15) is 10.4 Å². The quantitative estimate of drug-likeness (QED) is 0.358. The highest BCUT2D eigenvalue weighted by molar-refractivity contribution is 7.92. The van der Waals surface area contributed by atoms with Gasteiger partial charge in [0.1, 0.15) is 30.0 Å². The molecule has 0 saturated heterocycles. The van der Waals surface area contributed by atoms with Crippen LogP contribution in [0.5, 0.6) is 5.75 Å². The maximum atomic E-state index is 12.8. The van der Waals surface area contributed by atoms with Crippen molar-refractivity contribution in [3.63, 3.8) is 0 Å². The average Bonchev–Trinajstić information content (AvgIpc) is 3.35. The van der Waals surface area contributed by atoms with E-state index in [1.54, 1.807) is 53.6 Å². The Labute approximate surface area is 189 Å². The van der Waals surface area contributed by atoms with Crippen molar-refractivity contribution >= 4 is 33.1 Å². The summed E-state index contributed by atoms with van der Waals surface area (Å²) < 4.78 is 34.8. The van der Waals surface area contributed by atoms with Gasteiger partial charge in [-0.1, -0.05) is 0 Å². The van der Waals surface area contributed by atoms with Crippen molar-refractivity contribution in [3.05, 3.63) is 79.1 Å². The summed E-state index contributed by atoms with van der Waals surface area (Å²) in [5.74, 6) is 0.599. The van der Waals surface area contributed by atoms with E-state index in [4.69, 9.17) is 10.5 Å². The number of anilines is 3. The van der Waals surface area contributed by atoms with E-state index in [-0.39, 0.29) is 16.2 Å². The topological polar surface area (TPSA) is 154 Å². The fourth-order valence-corrected chi connectivity index (χ4v) is 4.07. The molecule has 0 saturated carbocycles. The lowest BCUT2D eigenvalue weighted by molar-refractivity contribution is 0.0997. The first kappa shape index (κ1) is 21.8. The zero-order valence-corrected chi connectivity index (χ0v) is 18.2. The molecule has 33 heavy (non-hydrogen) atoms. The fourth-order valence-electron chi connectivity index (χ4n) is 2.98. The number of sulfonamides is 1. The highest BCUT2D eigenvalue weighted by atomic mass is 32.2. The molecule has 0 aliphatic rings. The van der Waals surface area contributed by atoms with E-state index in [0.717, 1.165) is 0 Å². The number of aromatic nitrogens is 4. The number of methoxy groups -OCH3 is 1. The summed E-state index contributed by atoms with van der Waals surface area (Å²) in [5.41, 5.74) is 6.31. The van der Waals surface area contributed by atoms with Crippen molar-refractivity contribution in [2.24, 2.45) is 5.73 Å². The summed E-state index contributed by atoms with van der Waals surface area (Å²) in [4.78, 5) is 23.9. The molecule has 2 heterocycles. The third-order valence-electron chi connectivity index (χ3n) is 4.58. The van der Waals surface area contributed by atoms with Crippen LogP contribution in [-0.4, -0.2) is 41.0 Å². The molecule has 0 aliphatic carbocycles. The molecule has 0 spiro atoms. The lowest BCUT2D eigenvalue weighted by Crippen LogP contribution is -2.16. The number of nitrogens with one attached hydrogen (secondary N) is 2. The summed E-state index contributed by atoms with van der Waals surface area (Å²) in [6, 6.07) is 12.2. The number of carbonyl (C=O) groups is 1.